The van der Waals surface area contributed by atoms with E-state index < -0.39 is 17.8 Å². The van der Waals surface area contributed by atoms with Crippen LogP contribution in [0.2, 0.25) is 5.02 Å². The van der Waals surface area contributed by atoms with Crippen LogP contribution < -0.4 is 10.6 Å². The molecule has 1 unspecified atom stereocenters. The summed E-state index contributed by atoms with van der Waals surface area (Å²) in [6.45, 7) is 4.12. The van der Waals surface area contributed by atoms with Gasteiger partial charge in [0.25, 0.3) is 0 Å². The van der Waals surface area contributed by atoms with Gasteiger partial charge in [0.1, 0.15) is 6.04 Å². The van der Waals surface area contributed by atoms with E-state index in [1.54, 1.807) is 6.92 Å². The number of nitrogens with one attached hydrogen (secondary N) is 2. The first-order valence-electron chi connectivity index (χ1n) is 6.66. The van der Waals surface area contributed by atoms with E-state index in [4.69, 9.17) is 11.6 Å². The molecule has 1 rings (SSSR count). The standard InChI is InChI=1S/C14H18ClF3N2O/c1-3-4-5-19-13(21)9(2)20-12-7-10(14(16,17)18)6-11(15)8-12/h6-9,20H,3-5H2,1-2H3,(H,19,21). The highest BCUT2D eigenvalue weighted by atomic mass is 35.5. The van der Waals surface area contributed by atoms with Gasteiger partial charge >= 0.3 is 6.18 Å². The van der Waals surface area contributed by atoms with Crippen LogP contribution >= 0.6 is 11.6 Å². The highest BCUT2D eigenvalue weighted by molar-refractivity contribution is 6.31. The predicted molar refractivity (Wildman–Crippen MR) is 77.5 cm³/mol. The molecule has 7 heteroatoms. The van der Waals surface area contributed by atoms with Gasteiger partial charge in [0.2, 0.25) is 5.91 Å². The van der Waals surface area contributed by atoms with Crippen LogP contribution in [-0.4, -0.2) is 18.5 Å². The number of hydrogen-bond acceptors (Lipinski definition) is 2. The van der Waals surface area contributed by atoms with E-state index in [-0.39, 0.29) is 16.6 Å². The number of alkyl halides is 3. The summed E-state index contributed by atoms with van der Waals surface area (Å²) in [6, 6.07) is 2.48. The number of rotatable bonds is 6. The fraction of sp³-hybridized carbons (Fsp3) is 0.500. The Morgan fingerprint density at radius 1 is 1.33 bits per heavy atom. The Hall–Kier alpha value is -1.43. The molecule has 0 aromatic heterocycles. The Morgan fingerprint density at radius 3 is 2.57 bits per heavy atom. The number of unbranched alkanes of at least 4 members (excludes halogenated alkanes) is 1. The SMILES string of the molecule is CCCCNC(=O)C(C)Nc1cc(Cl)cc(C(F)(F)F)c1. The van der Waals surface area contributed by atoms with Crippen LogP contribution in [0.3, 0.4) is 0 Å². The summed E-state index contributed by atoms with van der Waals surface area (Å²) >= 11 is 5.68. The second-order valence-electron chi connectivity index (χ2n) is 4.74. The third kappa shape index (κ3) is 5.83. The minimum Gasteiger partial charge on any atom is -0.374 e. The minimum absolute atomic E-state index is 0.0362. The van der Waals surface area contributed by atoms with Gasteiger partial charge in [-0.3, -0.25) is 4.79 Å². The van der Waals surface area contributed by atoms with Crippen molar-refractivity contribution in [3.63, 3.8) is 0 Å². The summed E-state index contributed by atoms with van der Waals surface area (Å²) in [4.78, 5) is 11.8. The molecule has 0 aliphatic carbocycles. The third-order valence-corrected chi connectivity index (χ3v) is 3.05. The highest BCUT2D eigenvalue weighted by Gasteiger charge is 2.31. The van der Waals surface area contributed by atoms with Crippen molar-refractivity contribution in [3.8, 4) is 0 Å². The second-order valence-corrected chi connectivity index (χ2v) is 5.17. The second kappa shape index (κ2) is 7.54. The molecule has 0 heterocycles. The summed E-state index contributed by atoms with van der Waals surface area (Å²) in [7, 11) is 0. The lowest BCUT2D eigenvalue weighted by Crippen LogP contribution is -2.38. The first-order chi connectivity index (χ1) is 9.74. The van der Waals surface area contributed by atoms with E-state index >= 15 is 0 Å². The predicted octanol–water partition coefficient (Wildman–Crippen LogP) is 4.08. The van der Waals surface area contributed by atoms with Gasteiger partial charge in [0.15, 0.2) is 0 Å². The van der Waals surface area contributed by atoms with E-state index in [1.165, 1.54) is 6.07 Å². The monoisotopic (exact) mass is 322 g/mol. The molecule has 1 amide bonds. The summed E-state index contributed by atoms with van der Waals surface area (Å²) < 4.78 is 38.1. The van der Waals surface area contributed by atoms with Gasteiger partial charge in [-0.1, -0.05) is 24.9 Å². The topological polar surface area (TPSA) is 41.1 Å². The van der Waals surface area contributed by atoms with E-state index in [9.17, 15) is 18.0 Å². The van der Waals surface area contributed by atoms with Gasteiger partial charge in [-0.05, 0) is 31.5 Å². The van der Waals surface area contributed by atoms with Crippen molar-refractivity contribution in [1.29, 1.82) is 0 Å². The average molecular weight is 323 g/mol. The van der Waals surface area contributed by atoms with Gasteiger partial charge in [-0.15, -0.1) is 0 Å². The highest BCUT2D eigenvalue weighted by Crippen LogP contribution is 2.33. The normalized spacial score (nSPS) is 12.9. The smallest absolute Gasteiger partial charge is 0.374 e. The lowest BCUT2D eigenvalue weighted by atomic mass is 10.1. The molecule has 1 aromatic carbocycles. The quantitative estimate of drug-likeness (QED) is 0.775. The number of amides is 1. The molecule has 2 N–H and O–H groups in total. The number of anilines is 1. The van der Waals surface area contributed by atoms with Crippen LogP contribution in [0.5, 0.6) is 0 Å². The number of halogens is 4. The molecule has 1 atom stereocenters. The largest absolute Gasteiger partial charge is 0.416 e. The van der Waals surface area contributed by atoms with Crippen LogP contribution in [0.4, 0.5) is 18.9 Å². The van der Waals surface area contributed by atoms with Crippen LogP contribution in [0.15, 0.2) is 18.2 Å². The first kappa shape index (κ1) is 17.6. The number of carbonyl (C=O) groups is 1. The fourth-order valence-electron chi connectivity index (χ4n) is 1.69. The van der Waals surface area contributed by atoms with Gasteiger partial charge in [-0.2, -0.15) is 13.2 Å². The van der Waals surface area contributed by atoms with Crippen LogP contribution in [0, 0.1) is 0 Å². The van der Waals surface area contributed by atoms with Crippen molar-refractivity contribution in [1.82, 2.24) is 5.32 Å². The Morgan fingerprint density at radius 2 is 2.00 bits per heavy atom. The summed E-state index contributed by atoms with van der Waals surface area (Å²) in [5.74, 6) is -0.267. The molecule has 0 aliphatic rings. The molecule has 0 saturated carbocycles. The van der Waals surface area contributed by atoms with Crippen LogP contribution in [0.1, 0.15) is 32.3 Å². The van der Waals surface area contributed by atoms with E-state index in [0.29, 0.717) is 6.54 Å². The summed E-state index contributed by atoms with van der Waals surface area (Å²) in [5.41, 5.74) is -0.691. The lowest BCUT2D eigenvalue weighted by Gasteiger charge is -2.17. The average Bonchev–Trinajstić information content (AvgIpc) is 2.37. The number of carbonyl (C=O) groups excluding carboxylic acids is 1. The Kier molecular flexibility index (Phi) is 6.33. The van der Waals surface area contributed by atoms with Crippen molar-refractivity contribution >= 4 is 23.2 Å². The van der Waals surface area contributed by atoms with Crippen LogP contribution in [-0.2, 0) is 11.0 Å². The number of hydrogen-bond donors (Lipinski definition) is 2. The molecular formula is C14H18ClF3N2O. The number of benzene rings is 1. The van der Waals surface area contributed by atoms with Gasteiger partial charge < -0.3 is 10.6 Å². The Bertz CT molecular complexity index is 492. The molecule has 0 aliphatic heterocycles. The zero-order valence-electron chi connectivity index (χ0n) is 11.9. The zero-order chi connectivity index (χ0) is 16.0. The van der Waals surface area contributed by atoms with Crippen molar-refractivity contribution in [2.75, 3.05) is 11.9 Å². The fourth-order valence-corrected chi connectivity index (χ4v) is 1.93. The third-order valence-electron chi connectivity index (χ3n) is 2.83. The maximum absolute atomic E-state index is 12.7. The summed E-state index contributed by atoms with van der Waals surface area (Å²) in [6.07, 6.45) is -2.67. The Labute approximate surface area is 126 Å². The zero-order valence-corrected chi connectivity index (χ0v) is 12.6. The first-order valence-corrected chi connectivity index (χ1v) is 7.04. The molecule has 0 bridgehead atoms. The molecule has 1 aromatic rings. The van der Waals surface area contributed by atoms with E-state index in [1.807, 2.05) is 6.92 Å². The minimum atomic E-state index is -4.48. The molecule has 0 spiro atoms. The van der Waals surface area contributed by atoms with Crippen molar-refractivity contribution in [3.05, 3.63) is 28.8 Å². The van der Waals surface area contributed by atoms with Gasteiger partial charge in [-0.25, -0.2) is 0 Å². The van der Waals surface area contributed by atoms with Crippen molar-refractivity contribution in [2.24, 2.45) is 0 Å². The van der Waals surface area contributed by atoms with E-state index in [2.05, 4.69) is 10.6 Å². The maximum Gasteiger partial charge on any atom is 0.416 e. The molecule has 21 heavy (non-hydrogen) atoms. The van der Waals surface area contributed by atoms with Gasteiger partial charge in [0, 0.05) is 17.3 Å². The molecular weight excluding hydrogens is 305 g/mol. The molecule has 0 radical (unpaired) electrons. The maximum atomic E-state index is 12.7. The molecule has 0 fully saturated rings. The molecule has 0 saturated heterocycles. The van der Waals surface area contributed by atoms with Gasteiger partial charge in [0.05, 0.1) is 5.56 Å². The lowest BCUT2D eigenvalue weighted by molar-refractivity contribution is -0.137. The summed E-state index contributed by atoms with van der Waals surface area (Å²) in [5, 5.41) is 5.40. The van der Waals surface area contributed by atoms with E-state index in [0.717, 1.165) is 25.0 Å². The molecule has 118 valence electrons. The van der Waals surface area contributed by atoms with Crippen molar-refractivity contribution in [2.45, 2.75) is 38.9 Å². The van der Waals surface area contributed by atoms with Crippen LogP contribution in [0.25, 0.3) is 0 Å². The Balaban J connectivity index is 2.74. The van der Waals surface area contributed by atoms with Crippen molar-refractivity contribution < 1.29 is 18.0 Å². The molecule has 3 nitrogen and oxygen atoms in total.